The van der Waals surface area contributed by atoms with Gasteiger partial charge in [-0.1, -0.05) is 26.7 Å². The molecule has 5 nitrogen and oxygen atoms in total. The number of hydrogen-bond donors (Lipinski definition) is 2. The molecule has 0 aliphatic carbocycles. The molecule has 6 heteroatoms. The second-order valence-electron chi connectivity index (χ2n) is 4.62. The molecule has 0 aliphatic heterocycles. The highest BCUT2D eigenvalue weighted by Gasteiger charge is 2.21. The predicted molar refractivity (Wildman–Crippen MR) is 77.6 cm³/mol. The Morgan fingerprint density at radius 1 is 1.26 bits per heavy atom. The van der Waals surface area contributed by atoms with E-state index in [9.17, 15) is 8.42 Å². The first-order chi connectivity index (χ1) is 8.94. The first-order valence-electron chi connectivity index (χ1n) is 6.60. The maximum atomic E-state index is 12.2. The van der Waals surface area contributed by atoms with Crippen molar-refractivity contribution in [1.82, 2.24) is 9.71 Å². The number of hydrogen-bond acceptors (Lipinski definition) is 4. The lowest BCUT2D eigenvalue weighted by Gasteiger charge is -2.22. The summed E-state index contributed by atoms with van der Waals surface area (Å²) in [6, 6.07) is 3.13. The molecule has 0 spiro atoms. The van der Waals surface area contributed by atoms with Crippen LogP contribution in [0.4, 0.5) is 5.82 Å². The fourth-order valence-electron chi connectivity index (χ4n) is 2.09. The van der Waals surface area contributed by atoms with E-state index in [0.29, 0.717) is 11.7 Å². The summed E-state index contributed by atoms with van der Waals surface area (Å²) >= 11 is 0. The van der Waals surface area contributed by atoms with Crippen LogP contribution in [0.5, 0.6) is 0 Å². The third-order valence-corrected chi connectivity index (χ3v) is 4.94. The molecule has 1 unspecified atom stereocenters. The molecular formula is C13H23N3O2S. The van der Waals surface area contributed by atoms with E-state index in [0.717, 1.165) is 12.8 Å². The number of nitrogens with zero attached hydrogens (tertiary/aromatic N) is 1. The summed E-state index contributed by atoms with van der Waals surface area (Å²) in [6.45, 7) is 6.05. The van der Waals surface area contributed by atoms with Crippen molar-refractivity contribution in [3.63, 3.8) is 0 Å². The zero-order valence-corrected chi connectivity index (χ0v) is 12.8. The molecule has 0 saturated heterocycles. The summed E-state index contributed by atoms with van der Waals surface area (Å²) < 4.78 is 27.1. The topological polar surface area (TPSA) is 71.1 Å². The molecule has 1 rings (SSSR count). The van der Waals surface area contributed by atoms with Crippen LogP contribution in [0.3, 0.4) is 0 Å². The number of anilines is 1. The Balaban J connectivity index is 2.85. The van der Waals surface area contributed by atoms with Crippen LogP contribution in [0.1, 0.15) is 33.6 Å². The van der Waals surface area contributed by atoms with E-state index in [-0.39, 0.29) is 10.9 Å². The van der Waals surface area contributed by atoms with Gasteiger partial charge in [-0.05, 0) is 25.0 Å². The first kappa shape index (κ1) is 15.9. The van der Waals surface area contributed by atoms with Crippen molar-refractivity contribution in [3.05, 3.63) is 18.3 Å². The van der Waals surface area contributed by atoms with E-state index in [1.165, 1.54) is 6.20 Å². The molecular weight excluding hydrogens is 262 g/mol. The number of aromatic nitrogens is 1. The van der Waals surface area contributed by atoms with E-state index in [4.69, 9.17) is 0 Å². The minimum Gasteiger partial charge on any atom is -0.373 e. The Kier molecular flexibility index (Phi) is 5.75. The summed E-state index contributed by atoms with van der Waals surface area (Å²) in [5.41, 5.74) is 0. The van der Waals surface area contributed by atoms with E-state index >= 15 is 0 Å². The number of sulfonamides is 1. The summed E-state index contributed by atoms with van der Waals surface area (Å²) in [7, 11) is -1.75. The van der Waals surface area contributed by atoms with E-state index in [2.05, 4.69) is 28.9 Å². The van der Waals surface area contributed by atoms with Gasteiger partial charge in [0.15, 0.2) is 0 Å². The molecule has 1 atom stereocenters. The molecule has 0 aliphatic rings. The van der Waals surface area contributed by atoms with Gasteiger partial charge < -0.3 is 5.32 Å². The van der Waals surface area contributed by atoms with Crippen molar-refractivity contribution in [2.45, 2.75) is 44.6 Å². The van der Waals surface area contributed by atoms with Crippen LogP contribution in [0.2, 0.25) is 0 Å². The van der Waals surface area contributed by atoms with Crippen LogP contribution < -0.4 is 10.0 Å². The first-order valence-corrected chi connectivity index (χ1v) is 8.09. The standard InChI is InChI=1S/C13H23N3O2S/c1-5-11(6-2)10(3)16-19(17,18)12-7-8-13(14-4)15-9-12/h7-11,16H,5-6H2,1-4H3,(H,14,15). The lowest BCUT2D eigenvalue weighted by Crippen LogP contribution is -2.37. The normalized spacial score (nSPS) is 13.5. The zero-order valence-electron chi connectivity index (χ0n) is 12.0. The van der Waals surface area contributed by atoms with Crippen molar-refractivity contribution < 1.29 is 8.42 Å². The number of nitrogens with one attached hydrogen (secondary N) is 2. The van der Waals surface area contributed by atoms with Crippen LogP contribution in [0.25, 0.3) is 0 Å². The van der Waals surface area contributed by atoms with Gasteiger partial charge in [-0.25, -0.2) is 18.1 Å². The average molecular weight is 285 g/mol. The zero-order chi connectivity index (χ0) is 14.5. The minimum atomic E-state index is -3.49. The number of rotatable bonds is 7. The Morgan fingerprint density at radius 3 is 2.32 bits per heavy atom. The molecule has 108 valence electrons. The number of pyridine rings is 1. The second kappa shape index (κ2) is 6.86. The lowest BCUT2D eigenvalue weighted by atomic mass is 9.96. The Labute approximate surface area is 115 Å². The highest BCUT2D eigenvalue weighted by molar-refractivity contribution is 7.89. The molecule has 0 fully saturated rings. The second-order valence-corrected chi connectivity index (χ2v) is 6.33. The smallest absolute Gasteiger partial charge is 0.242 e. The molecule has 0 bridgehead atoms. The van der Waals surface area contributed by atoms with Gasteiger partial charge in [0.1, 0.15) is 10.7 Å². The highest BCUT2D eigenvalue weighted by atomic mass is 32.2. The molecule has 0 amide bonds. The Bertz CT molecular complexity index is 481. The summed E-state index contributed by atoms with van der Waals surface area (Å²) in [5.74, 6) is 0.992. The van der Waals surface area contributed by atoms with Crippen molar-refractivity contribution in [2.24, 2.45) is 5.92 Å². The monoisotopic (exact) mass is 285 g/mol. The molecule has 1 aromatic rings. The Morgan fingerprint density at radius 2 is 1.89 bits per heavy atom. The van der Waals surface area contributed by atoms with Crippen molar-refractivity contribution in [1.29, 1.82) is 0 Å². The van der Waals surface area contributed by atoms with Gasteiger partial charge in [-0.3, -0.25) is 0 Å². The molecule has 0 aromatic carbocycles. The molecule has 0 saturated carbocycles. The lowest BCUT2D eigenvalue weighted by molar-refractivity contribution is 0.390. The van der Waals surface area contributed by atoms with Gasteiger partial charge >= 0.3 is 0 Å². The SMILES string of the molecule is CCC(CC)C(C)NS(=O)(=O)c1ccc(NC)nc1. The molecule has 0 radical (unpaired) electrons. The largest absolute Gasteiger partial charge is 0.373 e. The predicted octanol–water partition coefficient (Wildman–Crippen LogP) is 2.23. The maximum Gasteiger partial charge on any atom is 0.242 e. The summed E-state index contributed by atoms with van der Waals surface area (Å²) in [6.07, 6.45) is 3.28. The molecule has 2 N–H and O–H groups in total. The summed E-state index contributed by atoms with van der Waals surface area (Å²) in [4.78, 5) is 4.22. The molecule has 1 aromatic heterocycles. The van der Waals surface area contributed by atoms with Crippen molar-refractivity contribution in [3.8, 4) is 0 Å². The van der Waals surface area contributed by atoms with Crippen LogP contribution in [-0.4, -0.2) is 26.5 Å². The summed E-state index contributed by atoms with van der Waals surface area (Å²) in [5, 5.41) is 2.86. The van der Waals surface area contributed by atoms with Crippen molar-refractivity contribution in [2.75, 3.05) is 12.4 Å². The van der Waals surface area contributed by atoms with E-state index < -0.39 is 10.0 Å². The third kappa shape index (κ3) is 4.18. The van der Waals surface area contributed by atoms with Gasteiger partial charge in [0.2, 0.25) is 10.0 Å². The van der Waals surface area contributed by atoms with Gasteiger partial charge in [-0.15, -0.1) is 0 Å². The van der Waals surface area contributed by atoms with Gasteiger partial charge in [0, 0.05) is 19.3 Å². The van der Waals surface area contributed by atoms with Gasteiger partial charge in [-0.2, -0.15) is 0 Å². The fourth-order valence-corrected chi connectivity index (χ4v) is 3.35. The Hall–Kier alpha value is -1.14. The highest BCUT2D eigenvalue weighted by Crippen LogP contribution is 2.16. The van der Waals surface area contributed by atoms with Gasteiger partial charge in [0.25, 0.3) is 0 Å². The van der Waals surface area contributed by atoms with E-state index in [1.807, 2.05) is 6.92 Å². The quantitative estimate of drug-likeness (QED) is 0.806. The fraction of sp³-hybridized carbons (Fsp3) is 0.615. The third-order valence-electron chi connectivity index (χ3n) is 3.40. The minimum absolute atomic E-state index is 0.0797. The van der Waals surface area contributed by atoms with Crippen LogP contribution >= 0.6 is 0 Å². The molecule has 19 heavy (non-hydrogen) atoms. The van der Waals surface area contributed by atoms with Gasteiger partial charge in [0.05, 0.1) is 0 Å². The maximum absolute atomic E-state index is 12.2. The van der Waals surface area contributed by atoms with Crippen LogP contribution in [0.15, 0.2) is 23.2 Å². The average Bonchev–Trinajstić information content (AvgIpc) is 2.39. The van der Waals surface area contributed by atoms with E-state index in [1.54, 1.807) is 19.2 Å². The van der Waals surface area contributed by atoms with Crippen molar-refractivity contribution >= 4 is 15.8 Å². The van der Waals surface area contributed by atoms with Crippen LogP contribution in [0, 0.1) is 5.92 Å². The van der Waals surface area contributed by atoms with Crippen LogP contribution in [-0.2, 0) is 10.0 Å². The molecule has 1 heterocycles.